The van der Waals surface area contributed by atoms with Gasteiger partial charge in [-0.15, -0.1) is 11.3 Å². The molecule has 1 atom stereocenters. The Morgan fingerprint density at radius 1 is 1.50 bits per heavy atom. The van der Waals surface area contributed by atoms with Gasteiger partial charge in [0.15, 0.2) is 0 Å². The van der Waals surface area contributed by atoms with Crippen LogP contribution in [0.3, 0.4) is 0 Å². The molecule has 1 aromatic rings. The van der Waals surface area contributed by atoms with Crippen LogP contribution in [0.15, 0.2) is 15.9 Å². The molecule has 0 saturated heterocycles. The normalized spacial score (nSPS) is 24.8. The first kappa shape index (κ1) is 14.5. The molecule has 18 heavy (non-hydrogen) atoms. The summed E-state index contributed by atoms with van der Waals surface area (Å²) in [4.78, 5) is 1.44. The number of hydrogen-bond acceptors (Lipinski definition) is 3. The Kier molecular flexibility index (Phi) is 5.67. The van der Waals surface area contributed by atoms with Gasteiger partial charge in [0.25, 0.3) is 0 Å². The van der Waals surface area contributed by atoms with E-state index >= 15 is 0 Å². The molecule has 4 heteroatoms. The minimum absolute atomic E-state index is 0.497. The first-order valence-electron chi connectivity index (χ1n) is 6.82. The van der Waals surface area contributed by atoms with Crippen molar-refractivity contribution in [3.05, 3.63) is 20.8 Å². The lowest BCUT2D eigenvalue weighted by Gasteiger charge is -2.37. The van der Waals surface area contributed by atoms with Crippen molar-refractivity contribution in [1.29, 1.82) is 0 Å². The summed E-state index contributed by atoms with van der Waals surface area (Å²) in [6.45, 7) is 6.14. The Bertz CT molecular complexity index is 362. The summed E-state index contributed by atoms with van der Waals surface area (Å²) in [6.07, 6.45) is 4.22. The molecule has 1 unspecified atom stereocenters. The maximum absolute atomic E-state index is 5.64. The lowest BCUT2D eigenvalue weighted by molar-refractivity contribution is -0.0290. The standard InChI is InChI=1S/C14H22BrNOS/c1-3-16-13(14-12(15)5-6-18-14)9-10-7-11(8-10)17-4-2/h5-6,10-11,13,16H,3-4,7-9H2,1-2H3. The van der Waals surface area contributed by atoms with Crippen LogP contribution in [0.25, 0.3) is 0 Å². The molecule has 102 valence electrons. The largest absolute Gasteiger partial charge is 0.378 e. The van der Waals surface area contributed by atoms with Crippen LogP contribution in [0.5, 0.6) is 0 Å². The molecule has 1 saturated carbocycles. The van der Waals surface area contributed by atoms with Crippen LogP contribution in [-0.2, 0) is 4.74 Å². The highest BCUT2D eigenvalue weighted by molar-refractivity contribution is 9.10. The lowest BCUT2D eigenvalue weighted by Crippen LogP contribution is -2.34. The average molecular weight is 332 g/mol. The van der Waals surface area contributed by atoms with Gasteiger partial charge in [0.1, 0.15) is 0 Å². The van der Waals surface area contributed by atoms with E-state index in [1.54, 1.807) is 0 Å². The minimum Gasteiger partial charge on any atom is -0.378 e. The van der Waals surface area contributed by atoms with E-state index in [1.807, 2.05) is 11.3 Å². The third kappa shape index (κ3) is 3.56. The summed E-state index contributed by atoms with van der Waals surface area (Å²) in [6, 6.07) is 2.64. The molecular formula is C14H22BrNOS. The van der Waals surface area contributed by atoms with E-state index in [0.29, 0.717) is 12.1 Å². The molecule has 2 rings (SSSR count). The van der Waals surface area contributed by atoms with Gasteiger partial charge in [-0.05, 0) is 66.0 Å². The van der Waals surface area contributed by atoms with Gasteiger partial charge >= 0.3 is 0 Å². The summed E-state index contributed by atoms with van der Waals surface area (Å²) < 4.78 is 6.89. The van der Waals surface area contributed by atoms with Crippen molar-refractivity contribution in [2.75, 3.05) is 13.2 Å². The van der Waals surface area contributed by atoms with E-state index in [9.17, 15) is 0 Å². The zero-order valence-electron chi connectivity index (χ0n) is 11.1. The van der Waals surface area contributed by atoms with Crippen molar-refractivity contribution in [3.8, 4) is 0 Å². The molecule has 1 N–H and O–H groups in total. The monoisotopic (exact) mass is 331 g/mol. The predicted octanol–water partition coefficient (Wildman–Crippen LogP) is 4.37. The molecule has 0 radical (unpaired) electrons. The first-order valence-corrected chi connectivity index (χ1v) is 8.49. The van der Waals surface area contributed by atoms with Crippen molar-refractivity contribution in [2.24, 2.45) is 5.92 Å². The average Bonchev–Trinajstić information content (AvgIpc) is 2.71. The number of ether oxygens (including phenoxy) is 1. The SMILES string of the molecule is CCNC(CC1CC(OCC)C1)c1sccc1Br. The quantitative estimate of drug-likeness (QED) is 0.801. The molecule has 1 aliphatic rings. The Morgan fingerprint density at radius 2 is 2.28 bits per heavy atom. The van der Waals surface area contributed by atoms with E-state index in [4.69, 9.17) is 4.74 Å². The van der Waals surface area contributed by atoms with Gasteiger partial charge in [-0.25, -0.2) is 0 Å². The van der Waals surface area contributed by atoms with Gasteiger partial charge in [0, 0.05) is 22.0 Å². The van der Waals surface area contributed by atoms with Gasteiger partial charge < -0.3 is 10.1 Å². The van der Waals surface area contributed by atoms with E-state index in [1.165, 1.54) is 28.6 Å². The summed E-state index contributed by atoms with van der Waals surface area (Å²) in [5.41, 5.74) is 0. The van der Waals surface area contributed by atoms with E-state index in [0.717, 1.165) is 19.1 Å². The van der Waals surface area contributed by atoms with Gasteiger partial charge in [-0.2, -0.15) is 0 Å². The Hall–Kier alpha value is 0.100. The molecular weight excluding hydrogens is 310 g/mol. The van der Waals surface area contributed by atoms with Crippen LogP contribution >= 0.6 is 27.3 Å². The van der Waals surface area contributed by atoms with Crippen molar-refractivity contribution in [2.45, 2.75) is 45.3 Å². The second-order valence-electron chi connectivity index (χ2n) is 4.89. The summed E-state index contributed by atoms with van der Waals surface area (Å²) in [5.74, 6) is 0.819. The fraction of sp³-hybridized carbons (Fsp3) is 0.714. The number of nitrogens with one attached hydrogen (secondary N) is 1. The molecule has 0 amide bonds. The van der Waals surface area contributed by atoms with E-state index in [2.05, 4.69) is 46.5 Å². The molecule has 1 aromatic heterocycles. The van der Waals surface area contributed by atoms with Crippen molar-refractivity contribution in [1.82, 2.24) is 5.32 Å². The molecule has 2 nitrogen and oxygen atoms in total. The van der Waals surface area contributed by atoms with Crippen LogP contribution in [0.1, 0.15) is 44.0 Å². The van der Waals surface area contributed by atoms with E-state index in [-0.39, 0.29) is 0 Å². The maximum atomic E-state index is 5.64. The van der Waals surface area contributed by atoms with Crippen LogP contribution < -0.4 is 5.32 Å². The minimum atomic E-state index is 0.497. The number of thiophene rings is 1. The Morgan fingerprint density at radius 3 is 2.83 bits per heavy atom. The highest BCUT2D eigenvalue weighted by Gasteiger charge is 2.32. The van der Waals surface area contributed by atoms with Gasteiger partial charge in [0.2, 0.25) is 0 Å². The third-order valence-corrected chi connectivity index (χ3v) is 5.56. The molecule has 0 aromatic carbocycles. The van der Waals surface area contributed by atoms with Crippen LogP contribution in [-0.4, -0.2) is 19.3 Å². The van der Waals surface area contributed by atoms with Crippen LogP contribution in [0.2, 0.25) is 0 Å². The molecule has 1 fully saturated rings. The fourth-order valence-corrected chi connectivity index (χ4v) is 4.39. The summed E-state index contributed by atoms with van der Waals surface area (Å²) in [7, 11) is 0. The first-order chi connectivity index (χ1) is 8.74. The number of rotatable bonds is 7. The van der Waals surface area contributed by atoms with Crippen molar-refractivity contribution >= 4 is 27.3 Å². The molecule has 1 aliphatic carbocycles. The third-order valence-electron chi connectivity index (χ3n) is 3.58. The smallest absolute Gasteiger partial charge is 0.0580 e. The molecule has 0 bridgehead atoms. The summed E-state index contributed by atoms with van der Waals surface area (Å²) in [5, 5.41) is 5.77. The fourth-order valence-electron chi connectivity index (χ4n) is 2.66. The summed E-state index contributed by atoms with van der Waals surface area (Å²) >= 11 is 5.49. The van der Waals surface area contributed by atoms with Gasteiger partial charge in [0.05, 0.1) is 6.10 Å². The molecule has 0 aliphatic heterocycles. The lowest BCUT2D eigenvalue weighted by atomic mass is 9.78. The van der Waals surface area contributed by atoms with Crippen molar-refractivity contribution in [3.63, 3.8) is 0 Å². The van der Waals surface area contributed by atoms with Crippen LogP contribution in [0, 0.1) is 5.92 Å². The topological polar surface area (TPSA) is 21.3 Å². The molecule has 0 spiro atoms. The zero-order chi connectivity index (χ0) is 13.0. The second-order valence-corrected chi connectivity index (χ2v) is 6.70. The maximum Gasteiger partial charge on any atom is 0.0580 e. The second kappa shape index (κ2) is 7.04. The van der Waals surface area contributed by atoms with Gasteiger partial charge in [-0.3, -0.25) is 0 Å². The van der Waals surface area contributed by atoms with E-state index < -0.39 is 0 Å². The highest BCUT2D eigenvalue weighted by atomic mass is 79.9. The number of halogens is 1. The van der Waals surface area contributed by atoms with Gasteiger partial charge in [-0.1, -0.05) is 6.92 Å². The number of hydrogen-bond donors (Lipinski definition) is 1. The zero-order valence-corrected chi connectivity index (χ0v) is 13.5. The Labute approximate surface area is 122 Å². The van der Waals surface area contributed by atoms with Crippen molar-refractivity contribution < 1.29 is 4.74 Å². The molecule has 1 heterocycles. The highest BCUT2D eigenvalue weighted by Crippen LogP contribution is 2.39. The predicted molar refractivity (Wildman–Crippen MR) is 81.2 cm³/mol. The van der Waals surface area contributed by atoms with Crippen LogP contribution in [0.4, 0.5) is 0 Å². The Balaban J connectivity index is 1.87.